The summed E-state index contributed by atoms with van der Waals surface area (Å²) in [4.78, 5) is 6.85. The van der Waals surface area contributed by atoms with E-state index in [1.807, 2.05) is 0 Å². The molecule has 5 aromatic rings. The van der Waals surface area contributed by atoms with Gasteiger partial charge in [-0.2, -0.15) is 0 Å². The highest BCUT2D eigenvalue weighted by Crippen LogP contribution is 2.29. The fourth-order valence-electron chi connectivity index (χ4n) is 5.70. The van der Waals surface area contributed by atoms with Crippen LogP contribution in [0.3, 0.4) is 0 Å². The highest BCUT2D eigenvalue weighted by Gasteiger charge is 2.24. The van der Waals surface area contributed by atoms with E-state index in [4.69, 9.17) is 0 Å². The number of aromatic nitrogens is 2. The Morgan fingerprint density at radius 2 is 1.44 bits per heavy atom. The van der Waals surface area contributed by atoms with Crippen LogP contribution in [0.1, 0.15) is 18.1 Å². The molecule has 0 atom stereocenters. The molecular formula is C28H32N4+2. The molecule has 162 valence electrons. The Morgan fingerprint density at radius 1 is 0.750 bits per heavy atom. The molecule has 1 fully saturated rings. The number of fused-ring (bicyclic) bond motifs is 4. The maximum absolute atomic E-state index is 3.43. The molecule has 0 aliphatic carbocycles. The first-order chi connectivity index (χ1) is 15.8. The number of H-pyrrole nitrogens is 1. The van der Waals surface area contributed by atoms with E-state index >= 15 is 0 Å². The van der Waals surface area contributed by atoms with E-state index in [1.54, 1.807) is 9.80 Å². The van der Waals surface area contributed by atoms with Crippen molar-refractivity contribution in [3.63, 3.8) is 0 Å². The highest BCUT2D eigenvalue weighted by molar-refractivity contribution is 6.08. The molecule has 0 unspecified atom stereocenters. The molecule has 32 heavy (non-hydrogen) atoms. The molecule has 0 amide bonds. The minimum atomic E-state index is 1.01. The lowest BCUT2D eigenvalue weighted by molar-refractivity contribution is -1.02. The van der Waals surface area contributed by atoms with Crippen molar-refractivity contribution in [1.82, 2.24) is 9.55 Å². The van der Waals surface area contributed by atoms with Crippen molar-refractivity contribution in [2.75, 3.05) is 26.2 Å². The Kier molecular flexibility index (Phi) is 4.97. The summed E-state index contributed by atoms with van der Waals surface area (Å²) < 4.78 is 2.44. The molecule has 3 aromatic carbocycles. The van der Waals surface area contributed by atoms with Crippen molar-refractivity contribution in [2.24, 2.45) is 0 Å². The number of para-hydroxylation sites is 2. The van der Waals surface area contributed by atoms with E-state index in [2.05, 4.69) is 89.4 Å². The van der Waals surface area contributed by atoms with Crippen LogP contribution in [0.25, 0.3) is 32.7 Å². The second-order valence-electron chi connectivity index (χ2n) is 9.33. The molecule has 0 bridgehead atoms. The van der Waals surface area contributed by atoms with E-state index in [0.29, 0.717) is 0 Å². The van der Waals surface area contributed by atoms with Crippen LogP contribution in [0, 0.1) is 0 Å². The number of aromatic amines is 1. The number of hydrogen-bond acceptors (Lipinski definition) is 0. The molecule has 4 heteroatoms. The third-order valence-electron chi connectivity index (χ3n) is 7.39. The van der Waals surface area contributed by atoms with Crippen LogP contribution in [0.15, 0.2) is 72.9 Å². The lowest BCUT2D eigenvalue weighted by Gasteiger charge is -2.29. The van der Waals surface area contributed by atoms with E-state index in [9.17, 15) is 0 Å². The Bertz CT molecular complexity index is 1380. The van der Waals surface area contributed by atoms with Crippen molar-refractivity contribution in [3.05, 3.63) is 84.1 Å². The first-order valence-electron chi connectivity index (χ1n) is 12.0. The topological polar surface area (TPSA) is 29.6 Å². The summed E-state index contributed by atoms with van der Waals surface area (Å²) in [5.41, 5.74) is 6.89. The van der Waals surface area contributed by atoms with Gasteiger partial charge in [-0.1, -0.05) is 42.5 Å². The van der Waals surface area contributed by atoms with Crippen molar-refractivity contribution in [1.29, 1.82) is 0 Å². The standard InChI is InChI=1S/C28H30N4/c1-2-32-27-10-6-4-8-24(27)25-17-21(11-12-28(25)32)19-30-13-15-31(16-14-30)20-22-18-29-26-9-5-3-7-23(22)26/h3-12,17-18,29H,2,13-16,19-20H2,1H3/p+2. The number of nitrogens with one attached hydrogen (secondary N) is 3. The van der Waals surface area contributed by atoms with Crippen LogP contribution in [-0.4, -0.2) is 35.7 Å². The second kappa shape index (κ2) is 8.12. The molecular weight excluding hydrogens is 392 g/mol. The van der Waals surface area contributed by atoms with Gasteiger partial charge in [-0.15, -0.1) is 0 Å². The van der Waals surface area contributed by atoms with Crippen LogP contribution < -0.4 is 9.80 Å². The normalized spacial score (nSPS) is 19.3. The molecule has 2 aromatic heterocycles. The molecule has 1 aliphatic rings. The van der Waals surface area contributed by atoms with Crippen LogP contribution in [-0.2, 0) is 19.6 Å². The van der Waals surface area contributed by atoms with Crippen molar-refractivity contribution < 1.29 is 9.80 Å². The molecule has 0 saturated carbocycles. The zero-order valence-corrected chi connectivity index (χ0v) is 18.8. The molecule has 6 rings (SSSR count). The van der Waals surface area contributed by atoms with Gasteiger partial charge >= 0.3 is 0 Å². The molecule has 3 N–H and O–H groups in total. The molecule has 3 heterocycles. The number of benzene rings is 3. The summed E-state index contributed by atoms with van der Waals surface area (Å²) in [5, 5.41) is 4.17. The predicted octanol–water partition coefficient (Wildman–Crippen LogP) is 2.78. The minimum absolute atomic E-state index is 1.01. The lowest BCUT2D eigenvalue weighted by Crippen LogP contribution is -3.27. The number of nitrogens with zero attached hydrogens (tertiary/aromatic N) is 1. The highest BCUT2D eigenvalue weighted by atomic mass is 15.3. The van der Waals surface area contributed by atoms with Crippen LogP contribution in [0.4, 0.5) is 0 Å². The van der Waals surface area contributed by atoms with Gasteiger partial charge in [-0.05, 0) is 31.2 Å². The zero-order valence-electron chi connectivity index (χ0n) is 18.8. The monoisotopic (exact) mass is 424 g/mol. The van der Waals surface area contributed by atoms with Crippen LogP contribution in [0.2, 0.25) is 0 Å². The fourth-order valence-corrected chi connectivity index (χ4v) is 5.70. The van der Waals surface area contributed by atoms with E-state index in [-0.39, 0.29) is 0 Å². The Hall–Kier alpha value is -3.08. The smallest absolute Gasteiger partial charge is 0.127 e. The Morgan fingerprint density at radius 3 is 2.25 bits per heavy atom. The maximum Gasteiger partial charge on any atom is 0.127 e. The van der Waals surface area contributed by atoms with Gasteiger partial charge in [0, 0.05) is 56.6 Å². The quantitative estimate of drug-likeness (QED) is 0.387. The minimum Gasteiger partial charge on any atom is -0.361 e. The van der Waals surface area contributed by atoms with Crippen molar-refractivity contribution >= 4 is 32.7 Å². The molecule has 0 radical (unpaired) electrons. The van der Waals surface area contributed by atoms with Crippen LogP contribution >= 0.6 is 0 Å². The summed E-state index contributed by atoms with van der Waals surface area (Å²) >= 11 is 0. The first kappa shape index (κ1) is 19.6. The Labute approximate surface area is 189 Å². The molecule has 1 saturated heterocycles. The van der Waals surface area contributed by atoms with Crippen molar-refractivity contribution in [2.45, 2.75) is 26.6 Å². The summed E-state index contributed by atoms with van der Waals surface area (Å²) in [7, 11) is 0. The van der Waals surface area contributed by atoms with Gasteiger partial charge in [-0.3, -0.25) is 0 Å². The third kappa shape index (κ3) is 3.40. The van der Waals surface area contributed by atoms with Gasteiger partial charge in [0.25, 0.3) is 0 Å². The summed E-state index contributed by atoms with van der Waals surface area (Å²) in [6.45, 7) is 10.5. The SMILES string of the molecule is CCn1c2ccccc2c2cc(C[NH+]3CC[NH+](Cc4c[nH]c5ccccc45)CC3)ccc21. The predicted molar refractivity (Wildman–Crippen MR) is 132 cm³/mol. The number of aryl methyl sites for hydroxylation is 1. The third-order valence-corrected chi connectivity index (χ3v) is 7.39. The number of rotatable bonds is 5. The van der Waals surface area contributed by atoms with Crippen LogP contribution in [0.5, 0.6) is 0 Å². The van der Waals surface area contributed by atoms with Gasteiger partial charge in [-0.25, -0.2) is 0 Å². The van der Waals surface area contributed by atoms with Gasteiger partial charge in [0.2, 0.25) is 0 Å². The van der Waals surface area contributed by atoms with Gasteiger partial charge in [0.1, 0.15) is 39.3 Å². The Balaban J connectivity index is 1.15. The first-order valence-corrected chi connectivity index (χ1v) is 12.0. The van der Waals surface area contributed by atoms with Crippen molar-refractivity contribution in [3.8, 4) is 0 Å². The zero-order chi connectivity index (χ0) is 21.5. The average molecular weight is 425 g/mol. The molecule has 1 aliphatic heterocycles. The molecule has 0 spiro atoms. The second-order valence-corrected chi connectivity index (χ2v) is 9.33. The van der Waals surface area contributed by atoms with E-state index in [1.165, 1.54) is 70.0 Å². The number of quaternary nitrogens is 2. The number of piperazine rings is 1. The average Bonchev–Trinajstić information content (AvgIpc) is 3.39. The van der Waals surface area contributed by atoms with E-state index in [0.717, 1.165) is 19.6 Å². The summed E-state index contributed by atoms with van der Waals surface area (Å²) in [6.07, 6.45) is 2.21. The number of hydrogen-bond donors (Lipinski definition) is 3. The summed E-state index contributed by atoms with van der Waals surface area (Å²) in [5.74, 6) is 0. The lowest BCUT2D eigenvalue weighted by atomic mass is 10.1. The van der Waals surface area contributed by atoms with E-state index < -0.39 is 0 Å². The van der Waals surface area contributed by atoms with Gasteiger partial charge in [0.05, 0.1) is 0 Å². The maximum atomic E-state index is 3.43. The molecule has 4 nitrogen and oxygen atoms in total. The largest absolute Gasteiger partial charge is 0.361 e. The fraction of sp³-hybridized carbons (Fsp3) is 0.286. The van der Waals surface area contributed by atoms with Gasteiger partial charge in [0.15, 0.2) is 0 Å². The summed E-state index contributed by atoms with van der Waals surface area (Å²) in [6, 6.07) is 24.6. The van der Waals surface area contributed by atoms with Gasteiger partial charge < -0.3 is 19.4 Å².